The number of rotatable bonds is 11. The highest BCUT2D eigenvalue weighted by Gasteiger charge is 2.77. The Morgan fingerprint density at radius 1 is 0.696 bits per heavy atom. The molecule has 5 aromatic rings. The Hall–Kier alpha value is -3.94. The maximum absolute atomic E-state index is 2.95. The fourth-order valence-electron chi connectivity index (χ4n) is 18.7. The summed E-state index contributed by atoms with van der Waals surface area (Å²) < 4.78 is 0. The molecule has 1 aliphatic heterocycles. The van der Waals surface area contributed by atoms with E-state index in [2.05, 4.69) is 74.4 Å². The highest BCUT2D eigenvalue weighted by molar-refractivity contribution is 6.43. The van der Waals surface area contributed by atoms with E-state index in [1.165, 1.54) is 77.2 Å². The van der Waals surface area contributed by atoms with Crippen molar-refractivity contribution in [3.8, 4) is 0 Å². The van der Waals surface area contributed by atoms with E-state index in [9.17, 15) is 0 Å². The molecule has 0 bridgehead atoms. The van der Waals surface area contributed by atoms with E-state index in [4.69, 9.17) is 0 Å². The van der Waals surface area contributed by atoms with Gasteiger partial charge in [-0.2, -0.15) is 0 Å². The summed E-state index contributed by atoms with van der Waals surface area (Å²) in [7, 11) is 2.57. The van der Waals surface area contributed by atoms with Gasteiger partial charge in [-0.1, -0.05) is 127 Å². The van der Waals surface area contributed by atoms with E-state index in [1.807, 2.05) is 27.8 Å². The molecule has 12 aliphatic rings. The fourth-order valence-corrected chi connectivity index (χ4v) is 18.7. The van der Waals surface area contributed by atoms with Gasteiger partial charge in [0.05, 0.1) is 5.41 Å². The van der Waals surface area contributed by atoms with Crippen molar-refractivity contribution >= 4 is 59.8 Å². The van der Waals surface area contributed by atoms with Crippen LogP contribution >= 0.6 is 0 Å². The van der Waals surface area contributed by atoms with Crippen molar-refractivity contribution in [2.45, 2.75) is 114 Å². The van der Waals surface area contributed by atoms with Crippen LogP contribution in [0.4, 0.5) is 0 Å². The van der Waals surface area contributed by atoms with Gasteiger partial charge in [0.1, 0.15) is 0 Å². The van der Waals surface area contributed by atoms with E-state index in [0.717, 1.165) is 0 Å². The molecule has 2 fully saturated rings. The van der Waals surface area contributed by atoms with Crippen LogP contribution in [0.15, 0.2) is 70.9 Å². The number of benzene rings is 3. The molecule has 1 nitrogen and oxygen atoms in total. The second-order valence-electron chi connectivity index (χ2n) is 21.2. The third kappa shape index (κ3) is 2.40. The van der Waals surface area contributed by atoms with Gasteiger partial charge in [-0.3, -0.25) is 0 Å². The zero-order chi connectivity index (χ0) is 36.0. The van der Waals surface area contributed by atoms with Gasteiger partial charge >= 0.3 is 0 Å². The zero-order valence-corrected chi connectivity index (χ0v) is 33.2. The molecule has 17 rings (SSSR count). The van der Waals surface area contributed by atoms with E-state index < -0.39 is 0 Å². The van der Waals surface area contributed by atoms with Gasteiger partial charge in [0, 0.05) is 41.7 Å². The topological polar surface area (TPSA) is 3.24 Å². The number of unbranched alkanes of at least 4 members (excludes halogenated alkanes) is 9. The summed E-state index contributed by atoms with van der Waals surface area (Å²) in [5, 5.41) is 15.5. The summed E-state index contributed by atoms with van der Waals surface area (Å²) >= 11 is 0. The second kappa shape index (κ2) is 8.73. The molecule has 274 valence electrons. The minimum atomic E-state index is 0.0128. The van der Waals surface area contributed by atoms with Gasteiger partial charge in [-0.25, -0.2) is 0 Å². The molecule has 10 atom stereocenters. The summed E-state index contributed by atoms with van der Waals surface area (Å²) in [6.45, 7) is 6.14. The SMILES string of the molecule is CCCCCCCCCCCCC1N(C)CC23C4=C5C=CC6C7C5=C2c2c5c8c9c%10c(ccc%11c%12c%13c%14c(c2c8c%13c%11%10)C13C(=C%14C%12C)C=C4)C1C=CC6C(C=57)C91. The van der Waals surface area contributed by atoms with Crippen molar-refractivity contribution in [1.29, 1.82) is 0 Å². The van der Waals surface area contributed by atoms with E-state index in [-0.39, 0.29) is 10.8 Å². The predicted molar refractivity (Wildman–Crippen MR) is 231 cm³/mol. The predicted octanol–water partition coefficient (Wildman–Crippen LogP) is 12.3. The molecule has 1 saturated carbocycles. The molecular formula is C55H49N. The van der Waals surface area contributed by atoms with E-state index in [0.29, 0.717) is 47.5 Å². The summed E-state index contributed by atoms with van der Waals surface area (Å²) in [6.07, 6.45) is 31.8. The van der Waals surface area contributed by atoms with Crippen molar-refractivity contribution in [2.24, 2.45) is 29.1 Å². The van der Waals surface area contributed by atoms with Gasteiger partial charge in [-0.15, -0.1) is 0 Å². The molecule has 0 N–H and O–H groups in total. The number of allylic oxidation sites excluding steroid dienone is 9. The lowest BCUT2D eigenvalue weighted by Crippen LogP contribution is -2.54. The van der Waals surface area contributed by atoms with Gasteiger partial charge in [-0.05, 0) is 152 Å². The van der Waals surface area contributed by atoms with Gasteiger partial charge in [0.15, 0.2) is 0 Å². The quantitative estimate of drug-likeness (QED) is 0.0745. The lowest BCUT2D eigenvalue weighted by molar-refractivity contribution is 0.239. The molecule has 0 aromatic heterocycles. The lowest BCUT2D eigenvalue weighted by atomic mass is 9.46. The smallest absolute Gasteiger partial charge is 0.0523 e. The van der Waals surface area contributed by atoms with Crippen molar-refractivity contribution in [2.75, 3.05) is 13.6 Å². The second-order valence-corrected chi connectivity index (χ2v) is 21.2. The first-order valence-corrected chi connectivity index (χ1v) is 23.3. The molecule has 1 heteroatoms. The van der Waals surface area contributed by atoms with Crippen molar-refractivity contribution in [3.63, 3.8) is 0 Å². The minimum absolute atomic E-state index is 0.0128. The Bertz CT molecular complexity index is 3130. The largest absolute Gasteiger partial charge is 0.301 e. The number of likely N-dealkylation sites (tertiary alicyclic amines) is 1. The van der Waals surface area contributed by atoms with Crippen LogP contribution in [0.5, 0.6) is 0 Å². The Labute approximate surface area is 329 Å². The fraction of sp³-hybridized carbons (Fsp3) is 0.455. The number of hydrogen-bond acceptors (Lipinski definition) is 1. The summed E-state index contributed by atoms with van der Waals surface area (Å²) in [5.41, 5.74) is 23.0. The standard InChI is InChI=1S/C55H49N/c1-4-5-6-7-8-9-10-11-12-13-14-33-55-32-22-21-31-29-19-17-28-26-16-15-25-27-18-20-30-34-24(2)35(32)49-42(34)45-40(30)38(27)43-36(25)37(26)44-39(28)41(29)52(54(31,55)23-56(33)3)50-47(44)46(43)48(45)51(50)53(49)55/h15-22,24-26,28,33,36-37,39H,4-14,23H2,1-3H3. The number of hydrogen-bond donors (Lipinski definition) is 0. The van der Waals surface area contributed by atoms with Gasteiger partial charge in [0.2, 0.25) is 0 Å². The maximum Gasteiger partial charge on any atom is 0.0523 e. The monoisotopic (exact) mass is 723 g/mol. The molecule has 2 spiro atoms. The van der Waals surface area contributed by atoms with Crippen LogP contribution in [-0.4, -0.2) is 24.5 Å². The molecule has 5 aromatic carbocycles. The van der Waals surface area contributed by atoms with Crippen molar-refractivity contribution in [3.05, 3.63) is 109 Å². The van der Waals surface area contributed by atoms with Crippen LogP contribution in [0, 0.1) is 29.1 Å². The maximum atomic E-state index is 2.95. The van der Waals surface area contributed by atoms with Gasteiger partial charge in [0.25, 0.3) is 0 Å². The number of likely N-dealkylation sites (N-methyl/N-ethyl adjacent to an activating group) is 1. The molecule has 10 unspecified atom stereocenters. The highest BCUT2D eigenvalue weighted by atomic mass is 15.2. The van der Waals surface area contributed by atoms with Crippen LogP contribution in [0.3, 0.4) is 0 Å². The average Bonchev–Trinajstić information content (AvgIpc) is 4.07. The lowest BCUT2D eigenvalue weighted by Gasteiger charge is -2.54. The molecule has 0 radical (unpaired) electrons. The number of nitrogens with zero attached hydrogens (tertiary/aromatic N) is 1. The third-order valence-corrected chi connectivity index (χ3v) is 19.8. The first-order valence-electron chi connectivity index (χ1n) is 23.3. The Kier molecular flexibility index (Phi) is 4.57. The average molecular weight is 724 g/mol. The number of fused-ring (bicyclic) bond motifs is 3. The van der Waals surface area contributed by atoms with Gasteiger partial charge < -0.3 is 4.90 Å². The Balaban J connectivity index is 0.985. The third-order valence-electron chi connectivity index (χ3n) is 19.8. The minimum Gasteiger partial charge on any atom is -0.301 e. The van der Waals surface area contributed by atoms with E-state index >= 15 is 0 Å². The molecule has 11 aliphatic carbocycles. The summed E-state index contributed by atoms with van der Waals surface area (Å²) in [4.78, 5) is 2.95. The van der Waals surface area contributed by atoms with Crippen LogP contribution in [-0.2, 0) is 5.41 Å². The van der Waals surface area contributed by atoms with Crippen LogP contribution in [0.25, 0.3) is 59.8 Å². The summed E-state index contributed by atoms with van der Waals surface area (Å²) in [5.74, 6) is 4.02. The van der Waals surface area contributed by atoms with Crippen molar-refractivity contribution < 1.29 is 0 Å². The Morgan fingerprint density at radius 2 is 1.50 bits per heavy atom. The summed E-state index contributed by atoms with van der Waals surface area (Å²) in [6, 6.07) is 5.79. The van der Waals surface area contributed by atoms with Crippen LogP contribution in [0.2, 0.25) is 0 Å². The molecule has 1 saturated heterocycles. The van der Waals surface area contributed by atoms with Crippen LogP contribution < -0.4 is 5.22 Å². The molecule has 1 heterocycles. The molecule has 0 amide bonds. The normalized spacial score (nSPS) is 37.5. The zero-order valence-electron chi connectivity index (χ0n) is 33.2. The van der Waals surface area contributed by atoms with E-state index in [1.54, 1.807) is 92.9 Å². The molecule has 56 heavy (non-hydrogen) atoms. The first kappa shape index (κ1) is 29.3. The molecular weight excluding hydrogens is 675 g/mol. The van der Waals surface area contributed by atoms with Crippen molar-refractivity contribution in [1.82, 2.24) is 4.90 Å². The first-order chi connectivity index (χ1) is 27.7. The highest BCUT2D eigenvalue weighted by Crippen LogP contribution is 2.84. The van der Waals surface area contributed by atoms with Crippen LogP contribution in [0.1, 0.15) is 136 Å². The Morgan fingerprint density at radius 3 is 2.36 bits per heavy atom.